The highest BCUT2D eigenvalue weighted by molar-refractivity contribution is 6.45. The van der Waals surface area contributed by atoms with Gasteiger partial charge in [0.2, 0.25) is 0 Å². The number of benzene rings is 3. The van der Waals surface area contributed by atoms with Crippen LogP contribution in [0.2, 0.25) is 10.0 Å². The summed E-state index contributed by atoms with van der Waals surface area (Å²) in [6.07, 6.45) is 0. The van der Waals surface area contributed by atoms with E-state index in [-0.39, 0.29) is 11.9 Å². The van der Waals surface area contributed by atoms with E-state index in [2.05, 4.69) is 10.3 Å². The largest absolute Gasteiger partial charge is 0.374 e. The molecule has 4 rings (SSSR count). The number of halogens is 2. The SMILES string of the molecule is O=C(NC(COCc1ccccc1)c1ccccc1)c1cc2c(Cl)c(Cl)ccc2[nH]1. The summed E-state index contributed by atoms with van der Waals surface area (Å²) in [5.41, 5.74) is 3.22. The first kappa shape index (κ1) is 20.5. The standard InChI is InChI=1S/C24H20Cl2N2O2/c25-19-11-12-20-18(23(19)26)13-21(27-20)24(29)28-22(17-9-5-2-6-10-17)15-30-14-16-7-3-1-4-8-16/h1-13,22,27H,14-15H2,(H,28,29). The summed E-state index contributed by atoms with van der Waals surface area (Å²) >= 11 is 12.4. The van der Waals surface area contributed by atoms with Gasteiger partial charge >= 0.3 is 0 Å². The van der Waals surface area contributed by atoms with E-state index >= 15 is 0 Å². The maximum absolute atomic E-state index is 13.0. The van der Waals surface area contributed by atoms with E-state index < -0.39 is 0 Å². The van der Waals surface area contributed by atoms with Crippen LogP contribution in [0.5, 0.6) is 0 Å². The van der Waals surface area contributed by atoms with Crippen molar-refractivity contribution in [1.82, 2.24) is 10.3 Å². The number of aromatic nitrogens is 1. The number of carbonyl (C=O) groups excluding carboxylic acids is 1. The van der Waals surface area contributed by atoms with Crippen LogP contribution in [0.4, 0.5) is 0 Å². The predicted octanol–water partition coefficient (Wildman–Crippen LogP) is 6.16. The molecule has 0 radical (unpaired) electrons. The minimum Gasteiger partial charge on any atom is -0.374 e. The van der Waals surface area contributed by atoms with E-state index in [9.17, 15) is 4.79 Å². The molecule has 0 saturated carbocycles. The molecule has 6 heteroatoms. The third-order valence-corrected chi connectivity index (χ3v) is 5.66. The van der Waals surface area contributed by atoms with Crippen molar-refractivity contribution in [2.75, 3.05) is 6.61 Å². The molecule has 0 aliphatic carbocycles. The molecule has 4 aromatic rings. The fourth-order valence-corrected chi connectivity index (χ4v) is 3.66. The highest BCUT2D eigenvalue weighted by atomic mass is 35.5. The van der Waals surface area contributed by atoms with Crippen LogP contribution in [-0.4, -0.2) is 17.5 Å². The van der Waals surface area contributed by atoms with Crippen LogP contribution in [0.3, 0.4) is 0 Å². The summed E-state index contributed by atoms with van der Waals surface area (Å²) in [5.74, 6) is -0.240. The second-order valence-corrected chi connectivity index (χ2v) is 7.73. The summed E-state index contributed by atoms with van der Waals surface area (Å²) in [7, 11) is 0. The number of hydrogen-bond acceptors (Lipinski definition) is 2. The van der Waals surface area contributed by atoms with Gasteiger partial charge in [0, 0.05) is 10.9 Å². The molecule has 0 aliphatic rings. The van der Waals surface area contributed by atoms with Gasteiger partial charge in [0.15, 0.2) is 0 Å². The number of fused-ring (bicyclic) bond motifs is 1. The van der Waals surface area contributed by atoms with E-state index in [4.69, 9.17) is 27.9 Å². The zero-order chi connectivity index (χ0) is 20.9. The summed E-state index contributed by atoms with van der Waals surface area (Å²) in [6.45, 7) is 0.817. The Kier molecular flexibility index (Phi) is 6.38. The lowest BCUT2D eigenvalue weighted by Crippen LogP contribution is -2.31. The van der Waals surface area contributed by atoms with Gasteiger partial charge in [0.1, 0.15) is 5.69 Å². The van der Waals surface area contributed by atoms with E-state index in [0.717, 1.165) is 16.6 Å². The first-order valence-electron chi connectivity index (χ1n) is 9.56. The van der Waals surface area contributed by atoms with Crippen LogP contribution >= 0.6 is 23.2 Å². The maximum Gasteiger partial charge on any atom is 0.268 e. The fraction of sp³-hybridized carbons (Fsp3) is 0.125. The van der Waals surface area contributed by atoms with Crippen molar-refractivity contribution in [3.05, 3.63) is 106 Å². The lowest BCUT2D eigenvalue weighted by molar-refractivity contribution is 0.0794. The molecule has 1 heterocycles. The molecular formula is C24H20Cl2N2O2. The molecule has 0 saturated heterocycles. The Morgan fingerprint density at radius 3 is 2.40 bits per heavy atom. The molecule has 0 spiro atoms. The van der Waals surface area contributed by atoms with E-state index in [1.54, 1.807) is 18.2 Å². The average Bonchev–Trinajstić information content (AvgIpc) is 3.22. The predicted molar refractivity (Wildman–Crippen MR) is 121 cm³/mol. The molecular weight excluding hydrogens is 419 g/mol. The number of ether oxygens (including phenoxy) is 1. The number of nitrogens with one attached hydrogen (secondary N) is 2. The lowest BCUT2D eigenvalue weighted by atomic mass is 10.1. The molecule has 3 aromatic carbocycles. The quantitative estimate of drug-likeness (QED) is 0.362. The Bertz CT molecular complexity index is 1140. The molecule has 1 unspecified atom stereocenters. The zero-order valence-corrected chi connectivity index (χ0v) is 17.6. The summed E-state index contributed by atoms with van der Waals surface area (Å²) < 4.78 is 5.90. The van der Waals surface area contributed by atoms with Gasteiger partial charge in [0.25, 0.3) is 5.91 Å². The second kappa shape index (κ2) is 9.35. The molecule has 2 N–H and O–H groups in total. The van der Waals surface area contributed by atoms with E-state index in [0.29, 0.717) is 34.3 Å². The summed E-state index contributed by atoms with van der Waals surface area (Å²) in [5, 5.41) is 4.65. The van der Waals surface area contributed by atoms with Gasteiger partial charge in [-0.05, 0) is 29.3 Å². The summed E-state index contributed by atoms with van der Waals surface area (Å²) in [4.78, 5) is 16.1. The Labute approximate surface area is 184 Å². The van der Waals surface area contributed by atoms with Crippen molar-refractivity contribution in [1.29, 1.82) is 0 Å². The van der Waals surface area contributed by atoms with Gasteiger partial charge in [-0.25, -0.2) is 0 Å². The molecule has 4 nitrogen and oxygen atoms in total. The topological polar surface area (TPSA) is 54.1 Å². The van der Waals surface area contributed by atoms with Gasteiger partial charge in [-0.3, -0.25) is 4.79 Å². The molecule has 0 aliphatic heterocycles. The van der Waals surface area contributed by atoms with Crippen molar-refractivity contribution in [2.45, 2.75) is 12.6 Å². The van der Waals surface area contributed by atoms with E-state index in [1.807, 2.05) is 60.7 Å². The summed E-state index contributed by atoms with van der Waals surface area (Å²) in [6, 6.07) is 24.6. The third kappa shape index (κ3) is 4.68. The number of hydrogen-bond donors (Lipinski definition) is 2. The molecule has 1 aromatic heterocycles. The fourth-order valence-electron chi connectivity index (χ4n) is 3.28. The van der Waals surface area contributed by atoms with Gasteiger partial charge in [-0.15, -0.1) is 0 Å². The molecule has 1 atom stereocenters. The first-order valence-corrected chi connectivity index (χ1v) is 10.3. The van der Waals surface area contributed by atoms with Crippen LogP contribution in [0.15, 0.2) is 78.9 Å². The maximum atomic E-state index is 13.0. The van der Waals surface area contributed by atoms with Crippen molar-refractivity contribution >= 4 is 40.0 Å². The average molecular weight is 439 g/mol. The van der Waals surface area contributed by atoms with Crippen molar-refractivity contribution in [3.63, 3.8) is 0 Å². The van der Waals surface area contributed by atoms with Gasteiger partial charge in [-0.1, -0.05) is 83.9 Å². The molecule has 30 heavy (non-hydrogen) atoms. The minimum absolute atomic E-state index is 0.240. The Morgan fingerprint density at radius 1 is 0.967 bits per heavy atom. The lowest BCUT2D eigenvalue weighted by Gasteiger charge is -2.19. The van der Waals surface area contributed by atoms with Gasteiger partial charge in [-0.2, -0.15) is 0 Å². The molecule has 152 valence electrons. The normalized spacial score (nSPS) is 12.1. The highest BCUT2D eigenvalue weighted by Gasteiger charge is 2.18. The first-order chi connectivity index (χ1) is 14.6. The molecule has 0 bridgehead atoms. The second-order valence-electron chi connectivity index (χ2n) is 6.94. The van der Waals surface area contributed by atoms with Crippen LogP contribution < -0.4 is 5.32 Å². The number of rotatable bonds is 7. The number of H-pyrrole nitrogens is 1. The zero-order valence-electron chi connectivity index (χ0n) is 16.1. The Morgan fingerprint density at radius 2 is 1.67 bits per heavy atom. The smallest absolute Gasteiger partial charge is 0.268 e. The monoisotopic (exact) mass is 438 g/mol. The van der Waals surface area contributed by atoms with Crippen molar-refractivity contribution < 1.29 is 9.53 Å². The molecule has 0 fully saturated rings. The van der Waals surface area contributed by atoms with Crippen LogP contribution in [0, 0.1) is 0 Å². The number of aromatic amines is 1. The minimum atomic E-state index is -0.298. The Balaban J connectivity index is 1.51. The number of carbonyl (C=O) groups is 1. The Hall–Kier alpha value is -2.79. The van der Waals surface area contributed by atoms with Crippen LogP contribution in [-0.2, 0) is 11.3 Å². The van der Waals surface area contributed by atoms with Crippen LogP contribution in [0.1, 0.15) is 27.7 Å². The van der Waals surface area contributed by atoms with Crippen molar-refractivity contribution in [3.8, 4) is 0 Å². The van der Waals surface area contributed by atoms with Crippen LogP contribution in [0.25, 0.3) is 10.9 Å². The number of amides is 1. The van der Waals surface area contributed by atoms with Crippen molar-refractivity contribution in [2.24, 2.45) is 0 Å². The van der Waals surface area contributed by atoms with Gasteiger partial charge < -0.3 is 15.0 Å². The van der Waals surface area contributed by atoms with E-state index in [1.165, 1.54) is 0 Å². The molecule has 1 amide bonds. The third-order valence-electron chi connectivity index (χ3n) is 4.84. The highest BCUT2D eigenvalue weighted by Crippen LogP contribution is 2.31. The van der Waals surface area contributed by atoms with Gasteiger partial charge in [0.05, 0.1) is 29.3 Å².